The molecule has 0 atom stereocenters. The van der Waals surface area contributed by atoms with Crippen molar-refractivity contribution >= 4 is 48.6 Å². The molecule has 0 saturated carbocycles. The number of nitrogens with zero attached hydrogens (tertiary/aromatic N) is 1. The summed E-state index contributed by atoms with van der Waals surface area (Å²) in [6, 6.07) is 47.8. The van der Waals surface area contributed by atoms with Gasteiger partial charge in [0.1, 0.15) is 0 Å². The first kappa shape index (κ1) is 25.8. The Kier molecular flexibility index (Phi) is 5.24. The zero-order valence-corrected chi connectivity index (χ0v) is 26.3. The van der Waals surface area contributed by atoms with Gasteiger partial charge in [-0.2, -0.15) is 0 Å². The molecule has 212 valence electrons. The Morgan fingerprint density at radius 2 is 0.864 bits per heavy atom. The standard InChI is InChI=1S/C42H33NS/c1-41(2)35-14-8-5-11-29(35)31-20-17-26(23-37(31)41)43(28-19-22-34-33-13-7-10-16-39(33)44-40(34)25-28)27-18-21-32-30-12-6-9-15-36(30)42(3,4)38(32)24-27/h5-25H,1-4H3. The molecule has 1 nitrogen and oxygen atoms in total. The van der Waals surface area contributed by atoms with Crippen LogP contribution in [0.4, 0.5) is 17.1 Å². The summed E-state index contributed by atoms with van der Waals surface area (Å²) in [4.78, 5) is 2.47. The van der Waals surface area contributed by atoms with E-state index in [0.717, 1.165) is 0 Å². The minimum absolute atomic E-state index is 0.0649. The average Bonchev–Trinajstić information content (AvgIpc) is 3.61. The van der Waals surface area contributed by atoms with Gasteiger partial charge in [-0.3, -0.25) is 0 Å². The summed E-state index contributed by atoms with van der Waals surface area (Å²) in [6.07, 6.45) is 0. The van der Waals surface area contributed by atoms with Crippen LogP contribution in [0, 0.1) is 0 Å². The third-order valence-corrected chi connectivity index (χ3v) is 11.4. The van der Waals surface area contributed by atoms with Gasteiger partial charge in [0, 0.05) is 48.1 Å². The molecule has 0 aliphatic heterocycles. The molecule has 0 saturated heterocycles. The number of rotatable bonds is 3. The quantitative estimate of drug-likeness (QED) is 0.200. The van der Waals surface area contributed by atoms with Crippen molar-refractivity contribution in [1.82, 2.24) is 0 Å². The molecule has 9 rings (SSSR count). The van der Waals surface area contributed by atoms with Gasteiger partial charge in [-0.15, -0.1) is 11.3 Å². The minimum Gasteiger partial charge on any atom is -0.310 e. The van der Waals surface area contributed by atoms with Crippen molar-refractivity contribution in [1.29, 1.82) is 0 Å². The summed E-state index contributed by atoms with van der Waals surface area (Å²) < 4.78 is 2.65. The maximum absolute atomic E-state index is 2.47. The Balaban J connectivity index is 1.27. The average molecular weight is 584 g/mol. The van der Waals surface area contributed by atoms with Crippen molar-refractivity contribution in [2.75, 3.05) is 4.90 Å². The Bertz CT molecular complexity index is 2190. The predicted molar refractivity (Wildman–Crippen MR) is 189 cm³/mol. The summed E-state index contributed by atoms with van der Waals surface area (Å²) in [5.74, 6) is 0. The van der Waals surface area contributed by atoms with Crippen LogP contribution in [0.3, 0.4) is 0 Å². The zero-order valence-electron chi connectivity index (χ0n) is 25.5. The highest BCUT2D eigenvalue weighted by Crippen LogP contribution is 2.53. The fourth-order valence-electron chi connectivity index (χ4n) is 7.96. The number of hydrogen-bond acceptors (Lipinski definition) is 2. The van der Waals surface area contributed by atoms with Gasteiger partial charge < -0.3 is 4.90 Å². The van der Waals surface area contributed by atoms with Gasteiger partial charge >= 0.3 is 0 Å². The molecule has 0 amide bonds. The van der Waals surface area contributed by atoms with E-state index in [1.807, 2.05) is 11.3 Å². The molecule has 0 bridgehead atoms. The van der Waals surface area contributed by atoms with Gasteiger partial charge in [-0.05, 0) is 87.0 Å². The first-order chi connectivity index (χ1) is 21.3. The predicted octanol–water partition coefficient (Wildman–Crippen LogP) is 12.1. The van der Waals surface area contributed by atoms with Gasteiger partial charge in [0.05, 0.1) is 0 Å². The maximum atomic E-state index is 2.47. The molecule has 44 heavy (non-hydrogen) atoms. The molecule has 0 fully saturated rings. The van der Waals surface area contributed by atoms with Crippen molar-refractivity contribution in [3.05, 3.63) is 150 Å². The number of hydrogen-bond donors (Lipinski definition) is 0. The molecular formula is C42H33NS. The third kappa shape index (κ3) is 3.46. The fraction of sp³-hybridized carbons (Fsp3) is 0.143. The second kappa shape index (κ2) is 8.94. The molecule has 7 aromatic rings. The highest BCUT2D eigenvalue weighted by atomic mass is 32.1. The third-order valence-electron chi connectivity index (χ3n) is 10.3. The number of anilines is 3. The molecule has 0 unspecified atom stereocenters. The molecule has 2 heteroatoms. The van der Waals surface area contributed by atoms with Crippen molar-refractivity contribution in [3.63, 3.8) is 0 Å². The largest absolute Gasteiger partial charge is 0.310 e. The van der Waals surface area contributed by atoms with Gasteiger partial charge in [-0.1, -0.05) is 113 Å². The summed E-state index contributed by atoms with van der Waals surface area (Å²) >= 11 is 1.88. The SMILES string of the molecule is CC1(C)c2ccccc2-c2ccc(N(c3ccc4c(c3)C(C)(C)c3ccccc3-4)c3ccc4c(c3)sc3ccccc34)cc21. The zero-order chi connectivity index (χ0) is 29.8. The van der Waals surface area contributed by atoms with Gasteiger partial charge in [0.25, 0.3) is 0 Å². The molecule has 1 heterocycles. The smallest absolute Gasteiger partial charge is 0.0476 e. The second-order valence-corrected chi connectivity index (χ2v) is 14.5. The van der Waals surface area contributed by atoms with Crippen LogP contribution in [0.5, 0.6) is 0 Å². The number of fused-ring (bicyclic) bond motifs is 9. The summed E-state index contributed by atoms with van der Waals surface area (Å²) in [5.41, 5.74) is 14.4. The molecule has 0 N–H and O–H groups in total. The van der Waals surface area contributed by atoms with E-state index >= 15 is 0 Å². The van der Waals surface area contributed by atoms with Gasteiger partial charge in [0.2, 0.25) is 0 Å². The van der Waals surface area contributed by atoms with E-state index in [1.54, 1.807) is 0 Å². The normalized spacial score (nSPS) is 15.2. The van der Waals surface area contributed by atoms with Gasteiger partial charge in [0.15, 0.2) is 0 Å². The fourth-order valence-corrected chi connectivity index (χ4v) is 9.10. The minimum atomic E-state index is -0.0649. The molecular weight excluding hydrogens is 551 g/mol. The van der Waals surface area contributed by atoms with E-state index < -0.39 is 0 Å². The summed E-state index contributed by atoms with van der Waals surface area (Å²) in [5, 5.41) is 2.66. The lowest BCUT2D eigenvalue weighted by Gasteiger charge is -2.29. The van der Waals surface area contributed by atoms with Crippen molar-refractivity contribution < 1.29 is 0 Å². The van der Waals surface area contributed by atoms with Crippen LogP contribution < -0.4 is 4.90 Å². The van der Waals surface area contributed by atoms with Crippen LogP contribution in [0.25, 0.3) is 42.4 Å². The lowest BCUT2D eigenvalue weighted by atomic mass is 9.82. The van der Waals surface area contributed by atoms with E-state index in [-0.39, 0.29) is 10.8 Å². The maximum Gasteiger partial charge on any atom is 0.0476 e. The van der Waals surface area contributed by atoms with Crippen LogP contribution in [0.15, 0.2) is 127 Å². The highest BCUT2D eigenvalue weighted by molar-refractivity contribution is 7.25. The topological polar surface area (TPSA) is 3.24 Å². The molecule has 1 aromatic heterocycles. The van der Waals surface area contributed by atoms with Crippen LogP contribution in [0.2, 0.25) is 0 Å². The number of benzene rings is 6. The lowest BCUT2D eigenvalue weighted by molar-refractivity contribution is 0.660. The van der Waals surface area contributed by atoms with E-state index in [9.17, 15) is 0 Å². The van der Waals surface area contributed by atoms with E-state index in [4.69, 9.17) is 0 Å². The molecule has 0 spiro atoms. The summed E-state index contributed by atoms with van der Waals surface area (Å²) in [6.45, 7) is 9.46. The van der Waals surface area contributed by atoms with Crippen LogP contribution >= 0.6 is 11.3 Å². The Hall–Kier alpha value is -4.66. The molecule has 0 radical (unpaired) electrons. The van der Waals surface area contributed by atoms with E-state index in [2.05, 4.69) is 160 Å². The van der Waals surface area contributed by atoms with Crippen molar-refractivity contribution in [2.45, 2.75) is 38.5 Å². The Labute approximate surface area is 263 Å². The monoisotopic (exact) mass is 583 g/mol. The number of thiophene rings is 1. The van der Waals surface area contributed by atoms with Gasteiger partial charge in [-0.25, -0.2) is 0 Å². The Morgan fingerprint density at radius 3 is 1.48 bits per heavy atom. The lowest BCUT2D eigenvalue weighted by Crippen LogP contribution is -2.18. The highest BCUT2D eigenvalue weighted by Gasteiger charge is 2.37. The second-order valence-electron chi connectivity index (χ2n) is 13.4. The van der Waals surface area contributed by atoms with Crippen molar-refractivity contribution in [2.24, 2.45) is 0 Å². The van der Waals surface area contributed by atoms with Crippen LogP contribution in [0.1, 0.15) is 49.9 Å². The summed E-state index contributed by atoms with van der Waals surface area (Å²) in [7, 11) is 0. The molecule has 6 aromatic carbocycles. The molecule has 2 aliphatic carbocycles. The Morgan fingerprint density at radius 1 is 0.409 bits per heavy atom. The van der Waals surface area contributed by atoms with E-state index in [1.165, 1.54) is 81.7 Å². The van der Waals surface area contributed by atoms with E-state index in [0.29, 0.717) is 0 Å². The first-order valence-corrected chi connectivity index (χ1v) is 16.3. The molecule has 2 aliphatic rings. The van der Waals surface area contributed by atoms with Crippen LogP contribution in [-0.4, -0.2) is 0 Å². The first-order valence-electron chi connectivity index (χ1n) is 15.5. The van der Waals surface area contributed by atoms with Crippen molar-refractivity contribution in [3.8, 4) is 22.3 Å². The van der Waals surface area contributed by atoms with Crippen LogP contribution in [-0.2, 0) is 10.8 Å².